The summed E-state index contributed by atoms with van der Waals surface area (Å²) < 4.78 is 14.7. The van der Waals surface area contributed by atoms with Crippen molar-refractivity contribution in [1.29, 1.82) is 0 Å². The van der Waals surface area contributed by atoms with Crippen LogP contribution in [-0.4, -0.2) is 40.1 Å². The van der Waals surface area contributed by atoms with Crippen molar-refractivity contribution in [2.24, 2.45) is 0 Å². The Morgan fingerprint density at radius 1 is 0.737 bits per heavy atom. The highest BCUT2D eigenvalue weighted by Gasteiger charge is 2.17. The van der Waals surface area contributed by atoms with Crippen molar-refractivity contribution in [2.75, 3.05) is 13.2 Å². The summed E-state index contributed by atoms with van der Waals surface area (Å²) >= 11 is 0. The zero-order valence-electron chi connectivity index (χ0n) is 23.9. The first-order chi connectivity index (χ1) is 18.3. The van der Waals surface area contributed by atoms with Crippen LogP contribution < -0.4 is 5.32 Å². The van der Waals surface area contributed by atoms with Crippen LogP contribution in [0.3, 0.4) is 0 Å². The minimum absolute atomic E-state index is 0.0936. The first-order valence-corrected chi connectivity index (χ1v) is 16.5. The number of aliphatic hydroxyl groups excluding tert-OH is 1. The van der Waals surface area contributed by atoms with E-state index >= 15 is 0 Å². The lowest BCUT2D eigenvalue weighted by molar-refractivity contribution is -0.121. The van der Waals surface area contributed by atoms with Crippen LogP contribution in [0.25, 0.3) is 0 Å². The summed E-state index contributed by atoms with van der Waals surface area (Å²) in [7, 11) is -4.61. The number of phosphoric ester groups is 1. The number of phosphoric acid groups is 1. The minimum atomic E-state index is -4.61. The van der Waals surface area contributed by atoms with Gasteiger partial charge in [0.1, 0.15) is 0 Å². The number of amides is 1. The molecule has 0 fully saturated rings. The van der Waals surface area contributed by atoms with E-state index in [2.05, 4.69) is 40.4 Å². The van der Waals surface area contributed by atoms with Crippen LogP contribution in [0.1, 0.15) is 142 Å². The summed E-state index contributed by atoms with van der Waals surface area (Å²) in [6.07, 6.45) is 23.5. The van der Waals surface area contributed by atoms with E-state index in [-0.39, 0.29) is 12.5 Å². The van der Waals surface area contributed by atoms with Crippen molar-refractivity contribution in [1.82, 2.24) is 5.32 Å². The Bertz CT molecular complexity index is 730. The molecule has 0 saturated carbocycles. The Morgan fingerprint density at radius 2 is 1.16 bits per heavy atom. The normalized spacial score (nSPS) is 11.8. The molecule has 8 heteroatoms. The van der Waals surface area contributed by atoms with E-state index < -0.39 is 20.5 Å². The van der Waals surface area contributed by atoms with Gasteiger partial charge in [0.25, 0.3) is 0 Å². The van der Waals surface area contributed by atoms with E-state index in [1.807, 2.05) is 0 Å². The minimum Gasteiger partial charge on any atom is -0.389 e. The molecule has 0 spiro atoms. The monoisotopic (exact) mass is 555 g/mol. The standard InChI is InChI=1S/C30H54NO6P/c1-2-3-4-5-6-7-8-9-10-11-12-13-14-15-16-17-18-19-20-21-22-23-24-25-26-30(33)31-27-29(32)28-37-38(34,35)36/h29,32H,2-14,19-28H2,1H3,(H,31,33)(H2,34,35,36). The molecule has 7 nitrogen and oxygen atoms in total. The Balaban J connectivity index is 3.40. The average Bonchev–Trinajstić information content (AvgIpc) is 2.88. The largest absolute Gasteiger partial charge is 0.469 e. The highest BCUT2D eigenvalue weighted by Crippen LogP contribution is 2.35. The third-order valence-corrected chi connectivity index (χ3v) is 6.81. The van der Waals surface area contributed by atoms with Gasteiger partial charge in [-0.05, 0) is 31.1 Å². The highest BCUT2D eigenvalue weighted by atomic mass is 31.2. The first kappa shape index (κ1) is 36.7. The van der Waals surface area contributed by atoms with Crippen LogP contribution in [-0.2, 0) is 13.9 Å². The van der Waals surface area contributed by atoms with Crippen LogP contribution in [0.2, 0.25) is 0 Å². The number of nitrogens with one attached hydrogen (secondary N) is 1. The van der Waals surface area contributed by atoms with Crippen LogP contribution in [0, 0.1) is 23.7 Å². The van der Waals surface area contributed by atoms with Gasteiger partial charge in [0.05, 0.1) is 12.7 Å². The van der Waals surface area contributed by atoms with E-state index in [4.69, 9.17) is 9.79 Å². The van der Waals surface area contributed by atoms with Crippen molar-refractivity contribution in [3.05, 3.63) is 0 Å². The SMILES string of the molecule is CCCCCCCCCCCCCCC#CC#CCCCCCCCCC(=O)NCC(O)COP(=O)(O)O. The predicted octanol–water partition coefficient (Wildman–Crippen LogP) is 6.79. The van der Waals surface area contributed by atoms with Gasteiger partial charge in [-0.15, -0.1) is 0 Å². The molecule has 0 radical (unpaired) electrons. The Kier molecular flexibility index (Phi) is 26.3. The fourth-order valence-electron chi connectivity index (χ4n) is 4.04. The molecule has 38 heavy (non-hydrogen) atoms. The maximum absolute atomic E-state index is 11.7. The van der Waals surface area contributed by atoms with Gasteiger partial charge in [0.15, 0.2) is 0 Å². The van der Waals surface area contributed by atoms with Gasteiger partial charge in [-0.3, -0.25) is 9.32 Å². The van der Waals surface area contributed by atoms with Crippen molar-refractivity contribution < 1.29 is 28.8 Å². The lowest BCUT2D eigenvalue weighted by Crippen LogP contribution is -2.34. The second-order valence-corrected chi connectivity index (χ2v) is 11.3. The first-order valence-electron chi connectivity index (χ1n) is 15.0. The molecule has 1 amide bonds. The quantitative estimate of drug-likeness (QED) is 0.0560. The number of carbonyl (C=O) groups is 1. The van der Waals surface area contributed by atoms with Gasteiger partial charge in [-0.1, -0.05) is 115 Å². The molecule has 0 aromatic carbocycles. The summed E-state index contributed by atoms with van der Waals surface area (Å²) in [6, 6.07) is 0. The van der Waals surface area contributed by atoms with Gasteiger partial charge in [-0.2, -0.15) is 0 Å². The maximum Gasteiger partial charge on any atom is 0.469 e. The fourth-order valence-corrected chi connectivity index (χ4v) is 4.40. The van der Waals surface area contributed by atoms with Crippen LogP contribution in [0.4, 0.5) is 0 Å². The van der Waals surface area contributed by atoms with E-state index in [9.17, 15) is 14.5 Å². The number of unbranched alkanes of at least 4 members (excludes halogenated alkanes) is 18. The van der Waals surface area contributed by atoms with Gasteiger partial charge < -0.3 is 20.2 Å². The number of aliphatic hydroxyl groups is 1. The van der Waals surface area contributed by atoms with Crippen LogP contribution >= 0.6 is 7.82 Å². The lowest BCUT2D eigenvalue weighted by Gasteiger charge is -2.12. The Hall–Kier alpha value is -1.34. The topological polar surface area (TPSA) is 116 Å². The molecular formula is C30H54NO6P. The zero-order chi connectivity index (χ0) is 28.2. The van der Waals surface area contributed by atoms with E-state index in [0.29, 0.717) is 6.42 Å². The average molecular weight is 556 g/mol. The molecule has 0 aliphatic heterocycles. The number of rotatable bonds is 25. The Labute approximate surface area is 232 Å². The summed E-state index contributed by atoms with van der Waals surface area (Å²) in [5, 5.41) is 12.1. The second-order valence-electron chi connectivity index (χ2n) is 10.1. The van der Waals surface area contributed by atoms with Gasteiger partial charge in [0.2, 0.25) is 5.91 Å². The molecule has 0 aromatic rings. The number of carbonyl (C=O) groups excluding carboxylic acids is 1. The molecule has 0 aliphatic carbocycles. The lowest BCUT2D eigenvalue weighted by atomic mass is 10.0. The smallest absolute Gasteiger partial charge is 0.389 e. The highest BCUT2D eigenvalue weighted by molar-refractivity contribution is 7.46. The molecule has 0 bridgehead atoms. The van der Waals surface area contributed by atoms with Gasteiger partial charge in [0, 0.05) is 25.8 Å². The number of hydrogen-bond acceptors (Lipinski definition) is 4. The molecule has 0 rings (SSSR count). The fraction of sp³-hybridized carbons (Fsp3) is 0.833. The molecule has 0 saturated heterocycles. The van der Waals surface area contributed by atoms with Crippen molar-refractivity contribution in [3.63, 3.8) is 0 Å². The molecule has 0 heterocycles. The third kappa shape index (κ3) is 30.9. The summed E-state index contributed by atoms with van der Waals surface area (Å²) in [5.74, 6) is 12.1. The second kappa shape index (κ2) is 27.2. The van der Waals surface area contributed by atoms with E-state index in [1.165, 1.54) is 77.0 Å². The molecule has 1 unspecified atom stereocenters. The molecule has 0 aliphatic rings. The summed E-state index contributed by atoms with van der Waals surface area (Å²) in [6.45, 7) is 1.65. The summed E-state index contributed by atoms with van der Waals surface area (Å²) in [5.41, 5.74) is 0. The molecular weight excluding hydrogens is 501 g/mol. The van der Waals surface area contributed by atoms with Gasteiger partial charge >= 0.3 is 7.82 Å². The van der Waals surface area contributed by atoms with Crippen molar-refractivity contribution >= 4 is 13.7 Å². The summed E-state index contributed by atoms with van der Waals surface area (Å²) in [4.78, 5) is 28.9. The van der Waals surface area contributed by atoms with Gasteiger partial charge in [-0.25, -0.2) is 4.57 Å². The Morgan fingerprint density at radius 3 is 1.61 bits per heavy atom. The van der Waals surface area contributed by atoms with E-state index in [0.717, 1.165) is 51.4 Å². The molecule has 1 atom stereocenters. The number of hydrogen-bond donors (Lipinski definition) is 4. The predicted molar refractivity (Wildman–Crippen MR) is 155 cm³/mol. The molecule has 220 valence electrons. The van der Waals surface area contributed by atoms with Crippen LogP contribution in [0.15, 0.2) is 0 Å². The maximum atomic E-state index is 11.7. The zero-order valence-corrected chi connectivity index (χ0v) is 24.7. The van der Waals surface area contributed by atoms with Crippen molar-refractivity contribution in [2.45, 2.75) is 148 Å². The van der Waals surface area contributed by atoms with Crippen LogP contribution in [0.5, 0.6) is 0 Å². The van der Waals surface area contributed by atoms with E-state index in [1.54, 1.807) is 0 Å². The molecule has 0 aromatic heterocycles. The van der Waals surface area contributed by atoms with Crippen molar-refractivity contribution in [3.8, 4) is 23.7 Å². The third-order valence-electron chi connectivity index (χ3n) is 6.32. The molecule has 4 N–H and O–H groups in total.